The summed E-state index contributed by atoms with van der Waals surface area (Å²) in [5, 5.41) is 3.38. The average molecular weight is 161 g/mol. The van der Waals surface area contributed by atoms with Gasteiger partial charge >= 0.3 is 0 Å². The minimum absolute atomic E-state index is 0.429. The van der Waals surface area contributed by atoms with Gasteiger partial charge in [0.2, 0.25) is 0 Å². The summed E-state index contributed by atoms with van der Waals surface area (Å²) in [6.45, 7) is 4.25. The molecule has 0 amide bonds. The van der Waals surface area contributed by atoms with Gasteiger partial charge in [-0.25, -0.2) is 0 Å². The van der Waals surface area contributed by atoms with Crippen molar-refractivity contribution in [1.82, 2.24) is 5.32 Å². The zero-order valence-corrected chi connectivity index (χ0v) is 7.41. The van der Waals surface area contributed by atoms with E-state index in [0.717, 1.165) is 17.9 Å². The Bertz CT molecular complexity index is 138. The molecule has 0 bridgehead atoms. The molecule has 3 atom stereocenters. The summed E-state index contributed by atoms with van der Waals surface area (Å²) in [6.07, 6.45) is 1.05. The third-order valence-electron chi connectivity index (χ3n) is 1.78. The summed E-state index contributed by atoms with van der Waals surface area (Å²) in [4.78, 5) is 0. The van der Waals surface area contributed by atoms with Crippen molar-refractivity contribution in [1.29, 1.82) is 0 Å². The lowest BCUT2D eigenvalue weighted by Crippen LogP contribution is -2.34. The van der Waals surface area contributed by atoms with E-state index < -0.39 is 10.8 Å². The zero-order chi connectivity index (χ0) is 7.56. The number of hydrogen-bond donors (Lipinski definition) is 1. The van der Waals surface area contributed by atoms with Crippen LogP contribution in [0.25, 0.3) is 0 Å². The number of nitrogens with one attached hydrogen (secondary N) is 1. The van der Waals surface area contributed by atoms with Crippen LogP contribution in [0, 0.1) is 0 Å². The van der Waals surface area contributed by atoms with E-state index in [9.17, 15) is 4.21 Å². The van der Waals surface area contributed by atoms with Crippen LogP contribution in [0.3, 0.4) is 0 Å². The van der Waals surface area contributed by atoms with E-state index in [-0.39, 0.29) is 0 Å². The lowest BCUT2D eigenvalue weighted by Gasteiger charge is -2.13. The van der Waals surface area contributed by atoms with Gasteiger partial charge in [-0.2, -0.15) is 0 Å². The molecule has 1 saturated heterocycles. The largest absolute Gasteiger partial charge is 0.311 e. The van der Waals surface area contributed by atoms with Gasteiger partial charge in [0.05, 0.1) is 0 Å². The van der Waals surface area contributed by atoms with Gasteiger partial charge < -0.3 is 5.32 Å². The van der Waals surface area contributed by atoms with Crippen LogP contribution in [0.4, 0.5) is 0 Å². The molecule has 3 heteroatoms. The summed E-state index contributed by atoms with van der Waals surface area (Å²) in [7, 11) is -0.571. The number of hydrogen-bond acceptors (Lipinski definition) is 2. The Morgan fingerprint density at radius 1 is 1.40 bits per heavy atom. The third kappa shape index (κ3) is 2.39. The maximum Gasteiger partial charge on any atom is 0.0386 e. The monoisotopic (exact) mass is 161 g/mol. The van der Waals surface area contributed by atoms with Crippen molar-refractivity contribution in [2.24, 2.45) is 0 Å². The van der Waals surface area contributed by atoms with Crippen molar-refractivity contribution < 1.29 is 4.21 Å². The van der Waals surface area contributed by atoms with Crippen molar-refractivity contribution in [2.75, 3.05) is 11.5 Å². The van der Waals surface area contributed by atoms with E-state index in [0.29, 0.717) is 12.1 Å². The highest BCUT2D eigenvalue weighted by atomic mass is 32.2. The Morgan fingerprint density at radius 3 is 2.80 bits per heavy atom. The Morgan fingerprint density at radius 2 is 2.10 bits per heavy atom. The Balaban J connectivity index is 2.46. The van der Waals surface area contributed by atoms with Gasteiger partial charge in [0, 0.05) is 34.4 Å². The molecule has 0 spiro atoms. The smallest absolute Gasteiger partial charge is 0.0386 e. The molecule has 0 radical (unpaired) electrons. The standard InChI is InChI=1S/C7H15NOS/c1-6-3-4-10(9)5-7(2)8-6/h6-8H,3-5H2,1-2H3. The summed E-state index contributed by atoms with van der Waals surface area (Å²) >= 11 is 0. The highest BCUT2D eigenvalue weighted by Crippen LogP contribution is 2.03. The normalized spacial score (nSPS) is 42.8. The summed E-state index contributed by atoms with van der Waals surface area (Å²) in [5.74, 6) is 1.70. The van der Waals surface area contributed by atoms with Crippen LogP contribution < -0.4 is 5.32 Å². The van der Waals surface area contributed by atoms with Gasteiger partial charge in [0.25, 0.3) is 0 Å². The van der Waals surface area contributed by atoms with Gasteiger partial charge in [-0.05, 0) is 20.3 Å². The first kappa shape index (κ1) is 8.21. The SMILES string of the molecule is CC1CCS(=O)CC(C)N1. The molecule has 0 aromatic carbocycles. The van der Waals surface area contributed by atoms with Gasteiger partial charge in [-0.3, -0.25) is 4.21 Å². The summed E-state index contributed by atoms with van der Waals surface area (Å²) < 4.78 is 11.1. The molecule has 2 nitrogen and oxygen atoms in total. The fraction of sp³-hybridized carbons (Fsp3) is 1.00. The summed E-state index contributed by atoms with van der Waals surface area (Å²) in [5.41, 5.74) is 0. The van der Waals surface area contributed by atoms with Crippen molar-refractivity contribution in [3.8, 4) is 0 Å². The van der Waals surface area contributed by atoms with Crippen molar-refractivity contribution >= 4 is 10.8 Å². The molecule has 1 aliphatic heterocycles. The molecule has 1 fully saturated rings. The van der Waals surface area contributed by atoms with E-state index in [2.05, 4.69) is 19.2 Å². The van der Waals surface area contributed by atoms with E-state index in [1.165, 1.54) is 0 Å². The predicted octanol–water partition coefficient (Wildman–Crippen LogP) is 0.505. The first-order valence-corrected chi connectivity index (χ1v) is 5.28. The first-order chi connectivity index (χ1) is 4.68. The van der Waals surface area contributed by atoms with Gasteiger partial charge in [0.15, 0.2) is 0 Å². The fourth-order valence-corrected chi connectivity index (χ4v) is 2.72. The lowest BCUT2D eigenvalue weighted by atomic mass is 10.2. The van der Waals surface area contributed by atoms with E-state index in [1.807, 2.05) is 0 Å². The van der Waals surface area contributed by atoms with Gasteiger partial charge in [0.1, 0.15) is 0 Å². The predicted molar refractivity (Wildman–Crippen MR) is 44.6 cm³/mol. The highest BCUT2D eigenvalue weighted by Gasteiger charge is 2.15. The molecule has 1 rings (SSSR count). The number of rotatable bonds is 0. The zero-order valence-electron chi connectivity index (χ0n) is 6.59. The van der Waals surface area contributed by atoms with Gasteiger partial charge in [-0.1, -0.05) is 0 Å². The lowest BCUT2D eigenvalue weighted by molar-refractivity contribution is 0.494. The average Bonchev–Trinajstić information content (AvgIpc) is 1.93. The van der Waals surface area contributed by atoms with E-state index in [4.69, 9.17) is 0 Å². The van der Waals surface area contributed by atoms with Crippen molar-refractivity contribution in [2.45, 2.75) is 32.4 Å². The molecule has 1 heterocycles. The molecular formula is C7H15NOS. The van der Waals surface area contributed by atoms with Crippen LogP contribution in [0.2, 0.25) is 0 Å². The highest BCUT2D eigenvalue weighted by molar-refractivity contribution is 7.85. The minimum atomic E-state index is -0.571. The Labute approximate surface area is 64.8 Å². The molecule has 3 unspecified atom stereocenters. The van der Waals surface area contributed by atoms with Crippen molar-refractivity contribution in [3.05, 3.63) is 0 Å². The molecule has 0 aromatic heterocycles. The molecule has 10 heavy (non-hydrogen) atoms. The van der Waals surface area contributed by atoms with E-state index in [1.54, 1.807) is 0 Å². The topological polar surface area (TPSA) is 29.1 Å². The van der Waals surface area contributed by atoms with Crippen LogP contribution in [0.5, 0.6) is 0 Å². The second-order valence-electron chi connectivity index (χ2n) is 3.07. The molecule has 0 aromatic rings. The molecule has 60 valence electrons. The van der Waals surface area contributed by atoms with Crippen LogP contribution in [0.15, 0.2) is 0 Å². The molecular weight excluding hydrogens is 146 g/mol. The molecule has 0 saturated carbocycles. The molecule has 1 N–H and O–H groups in total. The maximum atomic E-state index is 11.1. The molecule has 0 aliphatic carbocycles. The third-order valence-corrected chi connectivity index (χ3v) is 3.35. The summed E-state index contributed by atoms with van der Waals surface area (Å²) in [6, 6.07) is 0.972. The quantitative estimate of drug-likeness (QED) is 0.561. The first-order valence-electron chi connectivity index (χ1n) is 3.79. The van der Waals surface area contributed by atoms with Gasteiger partial charge in [-0.15, -0.1) is 0 Å². The van der Waals surface area contributed by atoms with Crippen molar-refractivity contribution in [3.63, 3.8) is 0 Å². The van der Waals surface area contributed by atoms with E-state index >= 15 is 0 Å². The van der Waals surface area contributed by atoms with Crippen LogP contribution >= 0.6 is 0 Å². The Kier molecular flexibility index (Phi) is 2.86. The van der Waals surface area contributed by atoms with Crippen LogP contribution in [0.1, 0.15) is 20.3 Å². The second kappa shape index (κ2) is 3.49. The fourth-order valence-electron chi connectivity index (χ4n) is 1.29. The second-order valence-corrected chi connectivity index (χ2v) is 4.69. The minimum Gasteiger partial charge on any atom is -0.311 e. The van der Waals surface area contributed by atoms with Crippen LogP contribution in [-0.2, 0) is 10.8 Å². The Hall–Kier alpha value is 0.110. The maximum absolute atomic E-state index is 11.1. The van der Waals surface area contributed by atoms with Crippen LogP contribution in [-0.4, -0.2) is 27.8 Å². The molecule has 1 aliphatic rings.